The highest BCUT2D eigenvalue weighted by Crippen LogP contribution is 2.18. The number of sulfonamides is 1. The minimum absolute atomic E-state index is 0.223. The molecule has 0 aromatic heterocycles. The molecule has 0 unspecified atom stereocenters. The van der Waals surface area contributed by atoms with Gasteiger partial charge in [-0.1, -0.05) is 12.1 Å². The van der Waals surface area contributed by atoms with E-state index in [9.17, 15) is 8.42 Å². The zero-order chi connectivity index (χ0) is 13.3. The van der Waals surface area contributed by atoms with Crippen molar-refractivity contribution >= 4 is 10.0 Å². The molecule has 0 saturated heterocycles. The van der Waals surface area contributed by atoms with Gasteiger partial charge in [0.15, 0.2) is 0 Å². The number of hydrogen-bond donors (Lipinski definition) is 1. The number of benzene rings is 1. The summed E-state index contributed by atoms with van der Waals surface area (Å²) in [7, 11) is -3.66. The molecule has 0 fully saturated rings. The lowest BCUT2D eigenvalue weighted by Gasteiger charge is -2.18. The summed E-state index contributed by atoms with van der Waals surface area (Å²) in [6.07, 6.45) is 0. The summed E-state index contributed by atoms with van der Waals surface area (Å²) in [5, 5.41) is 8.85. The molecule has 0 radical (unpaired) electrons. The van der Waals surface area contributed by atoms with Gasteiger partial charge in [0.2, 0.25) is 10.0 Å². The Morgan fingerprint density at radius 1 is 1.29 bits per heavy atom. The SMILES string of the molecule is Cc1ccc(C)c(S(=O)(=O)NC(C)(C)C#N)c1. The molecule has 0 atom stereocenters. The lowest BCUT2D eigenvalue weighted by molar-refractivity contribution is 0.535. The van der Waals surface area contributed by atoms with Gasteiger partial charge >= 0.3 is 0 Å². The third kappa shape index (κ3) is 3.29. The summed E-state index contributed by atoms with van der Waals surface area (Å²) in [4.78, 5) is 0.223. The van der Waals surface area contributed by atoms with Crippen molar-refractivity contribution in [3.63, 3.8) is 0 Å². The number of hydrogen-bond acceptors (Lipinski definition) is 3. The summed E-state index contributed by atoms with van der Waals surface area (Å²) in [5.74, 6) is 0. The maximum atomic E-state index is 12.1. The predicted octanol–water partition coefficient (Wildman–Crippen LogP) is 1.88. The van der Waals surface area contributed by atoms with E-state index in [0.717, 1.165) is 5.56 Å². The molecule has 1 aromatic carbocycles. The van der Waals surface area contributed by atoms with Crippen LogP contribution in [0.4, 0.5) is 0 Å². The first kappa shape index (κ1) is 13.7. The molecule has 0 bridgehead atoms. The maximum Gasteiger partial charge on any atom is 0.242 e. The van der Waals surface area contributed by atoms with Gasteiger partial charge in [-0.2, -0.15) is 9.98 Å². The van der Waals surface area contributed by atoms with Gasteiger partial charge in [0.1, 0.15) is 5.54 Å². The zero-order valence-electron chi connectivity index (χ0n) is 10.4. The Labute approximate surface area is 102 Å². The van der Waals surface area contributed by atoms with Crippen LogP contribution in [0.25, 0.3) is 0 Å². The van der Waals surface area contributed by atoms with Crippen molar-refractivity contribution in [2.24, 2.45) is 0 Å². The number of nitriles is 1. The van der Waals surface area contributed by atoms with Crippen LogP contribution in [0, 0.1) is 25.2 Å². The largest absolute Gasteiger partial charge is 0.242 e. The second-order valence-electron chi connectivity index (χ2n) is 4.61. The van der Waals surface area contributed by atoms with E-state index < -0.39 is 15.6 Å². The van der Waals surface area contributed by atoms with Gasteiger partial charge in [0.05, 0.1) is 11.0 Å². The van der Waals surface area contributed by atoms with Crippen molar-refractivity contribution in [3.8, 4) is 6.07 Å². The first-order valence-corrected chi connectivity index (χ1v) is 6.69. The Balaban J connectivity index is 3.24. The smallest absolute Gasteiger partial charge is 0.207 e. The molecule has 1 N–H and O–H groups in total. The molecule has 5 heteroatoms. The van der Waals surface area contributed by atoms with Crippen LogP contribution in [0.15, 0.2) is 23.1 Å². The van der Waals surface area contributed by atoms with Crippen molar-refractivity contribution < 1.29 is 8.42 Å². The van der Waals surface area contributed by atoms with E-state index in [4.69, 9.17) is 5.26 Å². The van der Waals surface area contributed by atoms with Crippen LogP contribution in [0.5, 0.6) is 0 Å². The van der Waals surface area contributed by atoms with Gasteiger partial charge in [0, 0.05) is 0 Å². The van der Waals surface area contributed by atoms with Gasteiger partial charge in [-0.15, -0.1) is 0 Å². The van der Waals surface area contributed by atoms with Crippen LogP contribution >= 0.6 is 0 Å². The topological polar surface area (TPSA) is 70.0 Å². The first-order valence-electron chi connectivity index (χ1n) is 5.20. The summed E-state index contributed by atoms with van der Waals surface area (Å²) in [6.45, 7) is 6.60. The van der Waals surface area contributed by atoms with Gasteiger partial charge < -0.3 is 0 Å². The second kappa shape index (κ2) is 4.47. The fourth-order valence-corrected chi connectivity index (χ4v) is 3.07. The van der Waals surface area contributed by atoms with Crippen LogP contribution in [0.2, 0.25) is 0 Å². The average molecular weight is 252 g/mol. The number of nitrogens with one attached hydrogen (secondary N) is 1. The minimum atomic E-state index is -3.66. The molecular weight excluding hydrogens is 236 g/mol. The highest BCUT2D eigenvalue weighted by Gasteiger charge is 2.26. The van der Waals surface area contributed by atoms with E-state index in [1.807, 2.05) is 19.1 Å². The Kier molecular flexibility index (Phi) is 3.60. The summed E-state index contributed by atoms with van der Waals surface area (Å²) in [5.41, 5.74) is 0.414. The fraction of sp³-hybridized carbons (Fsp3) is 0.417. The van der Waals surface area contributed by atoms with Crippen LogP contribution in [-0.2, 0) is 10.0 Å². The van der Waals surface area contributed by atoms with Gasteiger partial charge in [-0.25, -0.2) is 8.42 Å². The molecule has 0 aliphatic heterocycles. The van der Waals surface area contributed by atoms with Crippen molar-refractivity contribution in [1.82, 2.24) is 4.72 Å². The molecule has 0 heterocycles. The third-order valence-electron chi connectivity index (χ3n) is 2.30. The van der Waals surface area contributed by atoms with E-state index in [-0.39, 0.29) is 4.90 Å². The molecule has 0 spiro atoms. The van der Waals surface area contributed by atoms with Gasteiger partial charge in [0.25, 0.3) is 0 Å². The molecule has 1 aromatic rings. The highest BCUT2D eigenvalue weighted by molar-refractivity contribution is 7.89. The van der Waals surface area contributed by atoms with E-state index in [1.165, 1.54) is 13.8 Å². The quantitative estimate of drug-likeness (QED) is 0.893. The minimum Gasteiger partial charge on any atom is -0.207 e. The third-order valence-corrected chi connectivity index (χ3v) is 4.10. The Bertz CT molecular complexity index is 569. The maximum absolute atomic E-state index is 12.1. The molecule has 0 amide bonds. The summed E-state index contributed by atoms with van der Waals surface area (Å²) in [6, 6.07) is 7.12. The fourth-order valence-electron chi connectivity index (χ4n) is 1.41. The van der Waals surface area contributed by atoms with Gasteiger partial charge in [-0.3, -0.25) is 0 Å². The number of nitrogens with zero attached hydrogens (tertiary/aromatic N) is 1. The average Bonchev–Trinajstić information content (AvgIpc) is 2.20. The summed E-state index contributed by atoms with van der Waals surface area (Å²) < 4.78 is 26.6. The summed E-state index contributed by atoms with van der Waals surface area (Å²) >= 11 is 0. The molecule has 92 valence electrons. The van der Waals surface area contributed by atoms with Gasteiger partial charge in [-0.05, 0) is 44.9 Å². The normalized spacial score (nSPS) is 12.2. The second-order valence-corrected chi connectivity index (χ2v) is 6.26. The van der Waals surface area contributed by atoms with Crippen molar-refractivity contribution in [2.75, 3.05) is 0 Å². The Morgan fingerprint density at radius 3 is 2.41 bits per heavy atom. The van der Waals surface area contributed by atoms with Crippen LogP contribution in [0.3, 0.4) is 0 Å². The molecule has 0 aliphatic carbocycles. The molecule has 0 aliphatic rings. The lowest BCUT2D eigenvalue weighted by Crippen LogP contribution is -2.42. The van der Waals surface area contributed by atoms with Crippen LogP contribution in [-0.4, -0.2) is 14.0 Å². The van der Waals surface area contributed by atoms with E-state index in [1.54, 1.807) is 19.1 Å². The van der Waals surface area contributed by atoms with E-state index >= 15 is 0 Å². The van der Waals surface area contributed by atoms with Crippen molar-refractivity contribution in [1.29, 1.82) is 5.26 Å². The molecule has 4 nitrogen and oxygen atoms in total. The van der Waals surface area contributed by atoms with E-state index in [2.05, 4.69) is 4.72 Å². The van der Waals surface area contributed by atoms with Crippen LogP contribution in [0.1, 0.15) is 25.0 Å². The predicted molar refractivity (Wildman–Crippen MR) is 65.9 cm³/mol. The number of aryl methyl sites for hydroxylation is 2. The van der Waals surface area contributed by atoms with Crippen LogP contribution < -0.4 is 4.72 Å². The zero-order valence-corrected chi connectivity index (χ0v) is 11.2. The van der Waals surface area contributed by atoms with Crippen molar-refractivity contribution in [3.05, 3.63) is 29.3 Å². The molecule has 1 rings (SSSR count). The monoisotopic (exact) mass is 252 g/mol. The molecule has 17 heavy (non-hydrogen) atoms. The lowest BCUT2D eigenvalue weighted by atomic mass is 10.1. The Hall–Kier alpha value is -1.38. The first-order chi connectivity index (χ1) is 7.68. The molecular formula is C12H16N2O2S. The molecule has 0 saturated carbocycles. The number of rotatable bonds is 3. The highest BCUT2D eigenvalue weighted by atomic mass is 32.2. The Morgan fingerprint density at radius 2 is 1.88 bits per heavy atom. The standard InChI is InChI=1S/C12H16N2O2S/c1-9-5-6-10(2)11(7-9)17(15,16)14-12(3,4)8-13/h5-7,14H,1-4H3. The van der Waals surface area contributed by atoms with Crippen molar-refractivity contribution in [2.45, 2.75) is 38.1 Å². The van der Waals surface area contributed by atoms with E-state index in [0.29, 0.717) is 5.56 Å².